The van der Waals surface area contributed by atoms with E-state index < -0.39 is 5.60 Å². The number of H-pyrrole nitrogens is 2. The number of imidazole rings is 1. The molecule has 1 unspecified atom stereocenters. The van der Waals surface area contributed by atoms with Crippen LogP contribution < -0.4 is 5.32 Å². The molecule has 0 saturated carbocycles. The molecule has 7 heteroatoms. The second-order valence-electron chi connectivity index (χ2n) is 10.9. The molecule has 0 bridgehead atoms. The molecule has 0 spiro atoms. The summed E-state index contributed by atoms with van der Waals surface area (Å²) in [5.41, 5.74) is 5.19. The highest BCUT2D eigenvalue weighted by atomic mass is 16.6. The van der Waals surface area contributed by atoms with Crippen molar-refractivity contribution in [3.63, 3.8) is 0 Å². The van der Waals surface area contributed by atoms with Gasteiger partial charge in [-0.15, -0.1) is 0 Å². The average Bonchev–Trinajstić information content (AvgIpc) is 3.61. The summed E-state index contributed by atoms with van der Waals surface area (Å²) in [5, 5.41) is 5.10. The van der Waals surface area contributed by atoms with Gasteiger partial charge in [-0.25, -0.2) is 9.78 Å². The lowest BCUT2D eigenvalue weighted by atomic mass is 9.89. The first-order valence-electron chi connectivity index (χ1n) is 12.8. The zero-order valence-electron chi connectivity index (χ0n) is 21.0. The molecule has 2 aliphatic heterocycles. The quantitative estimate of drug-likeness (QED) is 0.339. The first-order valence-corrected chi connectivity index (χ1v) is 12.8. The minimum Gasteiger partial charge on any atom is -0.444 e. The van der Waals surface area contributed by atoms with Crippen molar-refractivity contribution in [1.29, 1.82) is 0 Å². The second kappa shape index (κ2) is 8.82. The average molecular weight is 484 g/mol. The van der Waals surface area contributed by atoms with E-state index in [4.69, 9.17) is 9.72 Å². The molecule has 1 fully saturated rings. The molecule has 1 amide bonds. The lowest BCUT2D eigenvalue weighted by molar-refractivity contribution is 0.0186. The van der Waals surface area contributed by atoms with Crippen LogP contribution in [0.15, 0.2) is 60.8 Å². The van der Waals surface area contributed by atoms with E-state index in [9.17, 15) is 4.79 Å². The van der Waals surface area contributed by atoms with Gasteiger partial charge in [-0.05, 0) is 57.2 Å². The van der Waals surface area contributed by atoms with Gasteiger partial charge in [-0.2, -0.15) is 0 Å². The number of fused-ring (bicyclic) bond motifs is 3. The van der Waals surface area contributed by atoms with Crippen LogP contribution in [0.2, 0.25) is 0 Å². The number of nitrogens with one attached hydrogen (secondary N) is 3. The first-order chi connectivity index (χ1) is 17.4. The van der Waals surface area contributed by atoms with E-state index in [1.54, 1.807) is 0 Å². The lowest BCUT2D eigenvalue weighted by Gasteiger charge is -2.38. The Morgan fingerprint density at radius 3 is 2.64 bits per heavy atom. The molecule has 2 aromatic carbocycles. The normalized spacial score (nSPS) is 22.1. The predicted octanol–water partition coefficient (Wildman–Crippen LogP) is 5.89. The Kier molecular flexibility index (Phi) is 5.60. The zero-order valence-corrected chi connectivity index (χ0v) is 21.0. The fourth-order valence-electron chi connectivity index (χ4n) is 5.71. The summed E-state index contributed by atoms with van der Waals surface area (Å²) >= 11 is 0. The second-order valence-corrected chi connectivity index (χ2v) is 10.9. The van der Waals surface area contributed by atoms with E-state index in [-0.39, 0.29) is 24.2 Å². The van der Waals surface area contributed by atoms with Crippen LogP contribution >= 0.6 is 0 Å². The Balaban J connectivity index is 1.37. The molecular formula is C29H33N5O2. The minimum atomic E-state index is -0.527. The summed E-state index contributed by atoms with van der Waals surface area (Å²) in [6.45, 7) is 6.46. The molecule has 4 heterocycles. The number of amides is 1. The maximum atomic E-state index is 13.2. The van der Waals surface area contributed by atoms with Crippen LogP contribution in [0.4, 0.5) is 4.79 Å². The fourth-order valence-corrected chi connectivity index (χ4v) is 5.71. The van der Waals surface area contributed by atoms with Gasteiger partial charge in [0.15, 0.2) is 0 Å². The number of aromatic nitrogens is 3. The van der Waals surface area contributed by atoms with Gasteiger partial charge in [0.05, 0.1) is 30.0 Å². The molecular weight excluding hydrogens is 450 g/mol. The van der Waals surface area contributed by atoms with Crippen LogP contribution in [0, 0.1) is 0 Å². The van der Waals surface area contributed by atoms with Crippen molar-refractivity contribution in [3.8, 4) is 11.3 Å². The number of carbonyl (C=O) groups excluding carboxylic acids is 1. The largest absolute Gasteiger partial charge is 0.444 e. The third-order valence-electron chi connectivity index (χ3n) is 7.27. The Bertz CT molecular complexity index is 1380. The summed E-state index contributed by atoms with van der Waals surface area (Å²) in [6.07, 6.45) is 4.37. The summed E-state index contributed by atoms with van der Waals surface area (Å²) in [5.74, 6) is 0.914. The molecule has 186 valence electrons. The van der Waals surface area contributed by atoms with Crippen LogP contribution in [0.5, 0.6) is 0 Å². The van der Waals surface area contributed by atoms with Crippen molar-refractivity contribution >= 4 is 17.0 Å². The van der Waals surface area contributed by atoms with Crippen molar-refractivity contribution in [3.05, 3.63) is 77.9 Å². The fraction of sp³-hybridized carbons (Fsp3) is 0.379. The van der Waals surface area contributed by atoms with Crippen LogP contribution in [0.25, 0.3) is 22.2 Å². The highest BCUT2D eigenvalue weighted by Crippen LogP contribution is 2.41. The number of nitrogens with zero attached hydrogens (tertiary/aromatic N) is 2. The van der Waals surface area contributed by atoms with Gasteiger partial charge in [0.1, 0.15) is 11.4 Å². The summed E-state index contributed by atoms with van der Waals surface area (Å²) in [6, 6.07) is 18.7. The van der Waals surface area contributed by atoms with Gasteiger partial charge in [0.2, 0.25) is 0 Å². The van der Waals surface area contributed by atoms with Gasteiger partial charge in [0.25, 0.3) is 0 Å². The predicted molar refractivity (Wildman–Crippen MR) is 141 cm³/mol. The van der Waals surface area contributed by atoms with Gasteiger partial charge < -0.3 is 19.6 Å². The van der Waals surface area contributed by atoms with Gasteiger partial charge in [-0.1, -0.05) is 48.5 Å². The maximum Gasteiger partial charge on any atom is 0.410 e. The monoisotopic (exact) mass is 483 g/mol. The van der Waals surface area contributed by atoms with Crippen molar-refractivity contribution in [1.82, 2.24) is 25.2 Å². The molecule has 2 aromatic heterocycles. The molecule has 3 atom stereocenters. The summed E-state index contributed by atoms with van der Waals surface area (Å²) < 4.78 is 5.78. The van der Waals surface area contributed by atoms with Crippen molar-refractivity contribution < 1.29 is 9.53 Å². The number of likely N-dealkylation sites (tertiary alicyclic amines) is 1. The van der Waals surface area contributed by atoms with Gasteiger partial charge >= 0.3 is 6.09 Å². The van der Waals surface area contributed by atoms with Gasteiger partial charge in [0, 0.05) is 23.1 Å². The smallest absolute Gasteiger partial charge is 0.410 e. The van der Waals surface area contributed by atoms with E-state index in [0.717, 1.165) is 41.9 Å². The molecule has 0 aliphatic carbocycles. The zero-order chi connectivity index (χ0) is 24.9. The van der Waals surface area contributed by atoms with Gasteiger partial charge in [-0.3, -0.25) is 5.32 Å². The molecule has 36 heavy (non-hydrogen) atoms. The van der Waals surface area contributed by atoms with Crippen LogP contribution in [0.1, 0.15) is 62.8 Å². The van der Waals surface area contributed by atoms with E-state index in [1.807, 2.05) is 50.1 Å². The molecule has 3 N–H and O–H groups in total. The number of hydrogen-bond acceptors (Lipinski definition) is 4. The Hall–Kier alpha value is -3.58. The molecule has 2 aliphatic rings. The number of carbonyl (C=O) groups is 1. The summed E-state index contributed by atoms with van der Waals surface area (Å²) in [4.78, 5) is 27.1. The number of para-hydroxylation sites is 1. The third kappa shape index (κ3) is 4.17. The number of aromatic amines is 2. The molecule has 7 nitrogen and oxygen atoms in total. The summed E-state index contributed by atoms with van der Waals surface area (Å²) in [7, 11) is 0. The third-order valence-corrected chi connectivity index (χ3v) is 7.27. The molecule has 6 rings (SSSR count). The maximum absolute atomic E-state index is 13.2. The number of ether oxygens (including phenoxy) is 1. The molecule has 0 radical (unpaired) electrons. The first kappa shape index (κ1) is 22.9. The Morgan fingerprint density at radius 2 is 1.83 bits per heavy atom. The number of rotatable bonds is 3. The van der Waals surface area contributed by atoms with Crippen molar-refractivity contribution in [2.75, 3.05) is 6.54 Å². The lowest BCUT2D eigenvalue weighted by Crippen LogP contribution is -2.48. The standard InChI is InChI=1S/C29H33N5O2/c1-29(2,3)36-28(35)34-15-9-14-24(34)26-25-20(19-12-7-8-13-21(19)31-25)16-22(32-26)27-30-17-23(33-27)18-10-5-4-6-11-18/h4-8,10-13,17,22,24,26,31-32H,9,14-16H2,1-3H3,(H,30,33)/t22-,24+,26?/m1/s1. The van der Waals surface area contributed by atoms with E-state index >= 15 is 0 Å². The molecule has 1 saturated heterocycles. The van der Waals surface area contributed by atoms with Crippen LogP contribution in [-0.4, -0.2) is 44.1 Å². The SMILES string of the molecule is CC(C)(C)OC(=O)N1CCC[C@H]1C1N[C@@H](c2ncc(-c3ccccc3)[nH]2)Cc2c1[nH]c1ccccc21. The molecule has 4 aromatic rings. The highest BCUT2D eigenvalue weighted by Gasteiger charge is 2.42. The highest BCUT2D eigenvalue weighted by molar-refractivity contribution is 5.85. The van der Waals surface area contributed by atoms with E-state index in [0.29, 0.717) is 6.54 Å². The van der Waals surface area contributed by atoms with E-state index in [1.165, 1.54) is 16.6 Å². The van der Waals surface area contributed by atoms with Crippen molar-refractivity contribution in [2.24, 2.45) is 0 Å². The van der Waals surface area contributed by atoms with E-state index in [2.05, 4.69) is 51.7 Å². The topological polar surface area (TPSA) is 86.0 Å². The van der Waals surface area contributed by atoms with Crippen molar-refractivity contribution in [2.45, 2.75) is 63.8 Å². The number of hydrogen-bond donors (Lipinski definition) is 3. The Labute approximate surface area is 211 Å². The Morgan fingerprint density at radius 1 is 1.06 bits per heavy atom. The van der Waals surface area contributed by atoms with Crippen LogP contribution in [-0.2, 0) is 11.2 Å². The minimum absolute atomic E-state index is 0.000236. The number of benzene rings is 2. The van der Waals surface area contributed by atoms with Crippen LogP contribution in [0.3, 0.4) is 0 Å².